The lowest BCUT2D eigenvalue weighted by Gasteiger charge is -2.25. The van der Waals surface area contributed by atoms with Crippen LogP contribution in [0.4, 0.5) is 5.69 Å². The van der Waals surface area contributed by atoms with Crippen molar-refractivity contribution in [3.63, 3.8) is 0 Å². The normalized spacial score (nSPS) is 17.8. The van der Waals surface area contributed by atoms with Crippen molar-refractivity contribution >= 4 is 50.7 Å². The molecule has 0 bridgehead atoms. The number of benzene rings is 3. The first kappa shape index (κ1) is 21.2. The van der Waals surface area contributed by atoms with Gasteiger partial charge in [-0.25, -0.2) is 0 Å². The molecule has 1 unspecified atom stereocenters. The molecule has 3 aromatic rings. The number of carbonyl (C=O) groups is 2. The van der Waals surface area contributed by atoms with E-state index in [-0.39, 0.29) is 11.3 Å². The average Bonchev–Trinajstić information content (AvgIpc) is 3.05. The molecule has 0 aromatic heterocycles. The molecule has 4 rings (SSSR count). The third-order valence-electron chi connectivity index (χ3n) is 5.09. The van der Waals surface area contributed by atoms with E-state index in [1.165, 1.54) is 18.1 Å². The van der Waals surface area contributed by atoms with E-state index in [0.29, 0.717) is 27.6 Å². The van der Waals surface area contributed by atoms with Gasteiger partial charge >= 0.3 is 0 Å². The van der Waals surface area contributed by atoms with E-state index in [1.807, 2.05) is 30.3 Å². The molecule has 1 heterocycles. The first-order valence-electron chi connectivity index (χ1n) is 9.38. The van der Waals surface area contributed by atoms with E-state index in [9.17, 15) is 14.7 Å². The molecule has 5 nitrogen and oxygen atoms in total. The Balaban J connectivity index is 1.93. The second kappa shape index (κ2) is 8.57. The first-order chi connectivity index (χ1) is 14.9. The number of Topliss-reactive ketones (excluding diaryl/α,β-unsaturated/α-hetero) is 1. The number of aliphatic hydroxyl groups excluding tert-OH is 1. The molecule has 1 saturated heterocycles. The lowest BCUT2D eigenvalue weighted by Crippen LogP contribution is -2.29. The summed E-state index contributed by atoms with van der Waals surface area (Å²) in [6, 6.07) is 20.1. The van der Waals surface area contributed by atoms with Crippen LogP contribution in [0.25, 0.3) is 5.76 Å². The van der Waals surface area contributed by atoms with E-state index in [2.05, 4.69) is 15.9 Å². The van der Waals surface area contributed by atoms with Crippen LogP contribution in [0.5, 0.6) is 5.75 Å². The van der Waals surface area contributed by atoms with Crippen LogP contribution in [-0.4, -0.2) is 23.9 Å². The zero-order chi connectivity index (χ0) is 22.1. The minimum atomic E-state index is -0.788. The number of carbonyl (C=O) groups excluding carboxylic acids is 2. The molecule has 1 amide bonds. The van der Waals surface area contributed by atoms with E-state index in [4.69, 9.17) is 16.3 Å². The fourth-order valence-corrected chi connectivity index (χ4v) is 4.07. The Morgan fingerprint density at radius 3 is 2.35 bits per heavy atom. The number of nitrogens with zero attached hydrogens (tertiary/aromatic N) is 1. The van der Waals surface area contributed by atoms with Gasteiger partial charge in [-0.1, -0.05) is 57.9 Å². The fourth-order valence-electron chi connectivity index (χ4n) is 3.61. The number of aliphatic hydroxyl groups is 1. The Morgan fingerprint density at radius 1 is 1.03 bits per heavy atom. The molecule has 1 N–H and O–H groups in total. The first-order valence-corrected chi connectivity index (χ1v) is 10.5. The van der Waals surface area contributed by atoms with Gasteiger partial charge in [-0.3, -0.25) is 14.5 Å². The van der Waals surface area contributed by atoms with Crippen LogP contribution in [0.3, 0.4) is 0 Å². The molecule has 3 aromatic carbocycles. The molecule has 7 heteroatoms. The predicted octanol–water partition coefficient (Wildman–Crippen LogP) is 5.74. The molecular weight excluding hydrogens is 482 g/mol. The van der Waals surface area contributed by atoms with Gasteiger partial charge in [0.05, 0.1) is 23.7 Å². The molecule has 0 saturated carbocycles. The maximum Gasteiger partial charge on any atom is 0.300 e. The van der Waals surface area contributed by atoms with Crippen LogP contribution in [0.15, 0.2) is 82.8 Å². The molecule has 0 aliphatic carbocycles. The summed E-state index contributed by atoms with van der Waals surface area (Å²) >= 11 is 9.48. The van der Waals surface area contributed by atoms with Crippen LogP contribution < -0.4 is 9.64 Å². The number of ketones is 1. The van der Waals surface area contributed by atoms with Crippen molar-refractivity contribution in [1.29, 1.82) is 0 Å². The number of methoxy groups -OCH3 is 1. The molecule has 0 radical (unpaired) electrons. The van der Waals surface area contributed by atoms with Crippen molar-refractivity contribution in [3.8, 4) is 5.75 Å². The van der Waals surface area contributed by atoms with Crippen molar-refractivity contribution in [2.75, 3.05) is 12.0 Å². The van der Waals surface area contributed by atoms with E-state index in [0.717, 1.165) is 4.47 Å². The van der Waals surface area contributed by atoms with Crippen LogP contribution in [0.2, 0.25) is 5.02 Å². The standard InChI is InChI=1S/C24H17BrClNO4/c1-31-19-13-15(7-12-18(19)26)22(28)20-21(14-5-3-2-4-6-14)27(24(30)23(20)29)17-10-8-16(25)9-11-17/h2-13,21,28H,1H3/b22-20-. The van der Waals surface area contributed by atoms with Crippen molar-refractivity contribution < 1.29 is 19.4 Å². The van der Waals surface area contributed by atoms with Crippen LogP contribution in [0.1, 0.15) is 17.2 Å². The third kappa shape index (κ3) is 3.84. The Morgan fingerprint density at radius 2 is 1.71 bits per heavy atom. The quantitative estimate of drug-likeness (QED) is 0.283. The summed E-state index contributed by atoms with van der Waals surface area (Å²) in [4.78, 5) is 27.6. The average molecular weight is 499 g/mol. The fraction of sp³-hybridized carbons (Fsp3) is 0.0833. The molecule has 156 valence electrons. The van der Waals surface area contributed by atoms with Crippen LogP contribution in [-0.2, 0) is 9.59 Å². The summed E-state index contributed by atoms with van der Waals surface area (Å²) in [5, 5.41) is 11.5. The van der Waals surface area contributed by atoms with E-state index < -0.39 is 17.7 Å². The molecule has 1 aliphatic rings. The lowest BCUT2D eigenvalue weighted by atomic mass is 9.95. The Hall–Kier alpha value is -3.09. The van der Waals surface area contributed by atoms with Gasteiger partial charge in [-0.2, -0.15) is 0 Å². The van der Waals surface area contributed by atoms with Gasteiger partial charge in [0.1, 0.15) is 11.5 Å². The molecule has 1 aliphatic heterocycles. The molecule has 1 atom stereocenters. The summed E-state index contributed by atoms with van der Waals surface area (Å²) in [5.74, 6) is -1.41. The van der Waals surface area contributed by atoms with Crippen molar-refractivity contribution in [1.82, 2.24) is 0 Å². The second-order valence-electron chi connectivity index (χ2n) is 6.91. The van der Waals surface area contributed by atoms with E-state index in [1.54, 1.807) is 36.4 Å². The van der Waals surface area contributed by atoms with Gasteiger partial charge in [-0.15, -0.1) is 0 Å². The highest BCUT2D eigenvalue weighted by Gasteiger charge is 2.46. The van der Waals surface area contributed by atoms with Gasteiger partial charge in [0.25, 0.3) is 11.7 Å². The highest BCUT2D eigenvalue weighted by atomic mass is 79.9. The second-order valence-corrected chi connectivity index (χ2v) is 8.23. The number of anilines is 1. The highest BCUT2D eigenvalue weighted by molar-refractivity contribution is 9.10. The summed E-state index contributed by atoms with van der Waals surface area (Å²) in [5.41, 5.74) is 1.58. The number of ether oxygens (including phenoxy) is 1. The number of hydrogen-bond donors (Lipinski definition) is 1. The number of rotatable bonds is 4. The monoisotopic (exact) mass is 497 g/mol. The molecule has 31 heavy (non-hydrogen) atoms. The van der Waals surface area contributed by atoms with Gasteiger partial charge in [0.15, 0.2) is 0 Å². The van der Waals surface area contributed by atoms with Gasteiger partial charge < -0.3 is 9.84 Å². The van der Waals surface area contributed by atoms with Crippen LogP contribution >= 0.6 is 27.5 Å². The highest BCUT2D eigenvalue weighted by Crippen LogP contribution is 2.42. The summed E-state index contributed by atoms with van der Waals surface area (Å²) in [6.07, 6.45) is 0. The van der Waals surface area contributed by atoms with Gasteiger partial charge in [0, 0.05) is 15.7 Å². The summed E-state index contributed by atoms with van der Waals surface area (Å²) < 4.78 is 6.07. The third-order valence-corrected chi connectivity index (χ3v) is 5.93. The molecule has 0 spiro atoms. The smallest absolute Gasteiger partial charge is 0.300 e. The topological polar surface area (TPSA) is 66.8 Å². The van der Waals surface area contributed by atoms with Gasteiger partial charge in [-0.05, 0) is 48.0 Å². The largest absolute Gasteiger partial charge is 0.507 e. The van der Waals surface area contributed by atoms with Gasteiger partial charge in [0.2, 0.25) is 0 Å². The summed E-state index contributed by atoms with van der Waals surface area (Å²) in [7, 11) is 1.46. The Labute approximate surface area is 192 Å². The lowest BCUT2D eigenvalue weighted by molar-refractivity contribution is -0.132. The minimum absolute atomic E-state index is 0.00324. The molecule has 1 fully saturated rings. The predicted molar refractivity (Wildman–Crippen MR) is 123 cm³/mol. The van der Waals surface area contributed by atoms with Crippen molar-refractivity contribution in [2.24, 2.45) is 0 Å². The zero-order valence-electron chi connectivity index (χ0n) is 16.4. The number of hydrogen-bond acceptors (Lipinski definition) is 4. The molecular formula is C24H17BrClNO4. The number of halogens is 2. The SMILES string of the molecule is COc1cc(/C(O)=C2/C(=O)C(=O)N(c3ccc(Br)cc3)C2c2ccccc2)ccc1Cl. The Kier molecular flexibility index (Phi) is 5.85. The Bertz CT molecular complexity index is 1190. The number of amides is 1. The van der Waals surface area contributed by atoms with Crippen LogP contribution in [0, 0.1) is 0 Å². The van der Waals surface area contributed by atoms with E-state index >= 15 is 0 Å². The summed E-state index contributed by atoms with van der Waals surface area (Å²) in [6.45, 7) is 0. The van der Waals surface area contributed by atoms with Crippen molar-refractivity contribution in [2.45, 2.75) is 6.04 Å². The minimum Gasteiger partial charge on any atom is -0.507 e. The van der Waals surface area contributed by atoms with Crippen molar-refractivity contribution in [3.05, 3.63) is 99.0 Å². The zero-order valence-corrected chi connectivity index (χ0v) is 18.7. The maximum atomic E-state index is 13.1. The maximum absolute atomic E-state index is 13.1.